The summed E-state index contributed by atoms with van der Waals surface area (Å²) in [6.07, 6.45) is 4.74. The smallest absolute Gasteiger partial charge is 0.138 e. The lowest BCUT2D eigenvalue weighted by molar-refractivity contribution is 0.173. The lowest BCUT2D eigenvalue weighted by atomic mass is 10.1. The molecular formula is C11H14N4O. The second-order valence-electron chi connectivity index (χ2n) is 3.50. The van der Waals surface area contributed by atoms with Crippen LogP contribution in [0.2, 0.25) is 0 Å². The van der Waals surface area contributed by atoms with E-state index in [1.165, 1.54) is 6.33 Å². The summed E-state index contributed by atoms with van der Waals surface area (Å²) in [6, 6.07) is 3.66. The Morgan fingerprint density at radius 3 is 3.06 bits per heavy atom. The highest BCUT2D eigenvalue weighted by atomic mass is 16.3. The van der Waals surface area contributed by atoms with Crippen LogP contribution in [0.4, 0.5) is 0 Å². The molecule has 2 rings (SSSR count). The summed E-state index contributed by atoms with van der Waals surface area (Å²) in [7, 11) is 0. The third-order valence-corrected chi connectivity index (χ3v) is 2.44. The predicted molar refractivity (Wildman–Crippen MR) is 58.6 cm³/mol. The fourth-order valence-corrected chi connectivity index (χ4v) is 1.57. The molecule has 0 aromatic carbocycles. The maximum absolute atomic E-state index is 9.99. The van der Waals surface area contributed by atoms with E-state index < -0.39 is 6.10 Å². The van der Waals surface area contributed by atoms with Gasteiger partial charge in [0, 0.05) is 25.4 Å². The van der Waals surface area contributed by atoms with Gasteiger partial charge in [0.2, 0.25) is 0 Å². The Labute approximate surface area is 93.8 Å². The monoisotopic (exact) mass is 218 g/mol. The van der Waals surface area contributed by atoms with Gasteiger partial charge in [-0.25, -0.2) is 4.98 Å². The zero-order valence-electron chi connectivity index (χ0n) is 9.11. The van der Waals surface area contributed by atoms with Gasteiger partial charge in [0.25, 0.3) is 0 Å². The molecule has 0 bridgehead atoms. The molecule has 0 aliphatic rings. The third-order valence-electron chi connectivity index (χ3n) is 2.44. The third kappa shape index (κ3) is 2.25. The zero-order chi connectivity index (χ0) is 11.4. The number of aromatic nitrogens is 4. The standard InChI is InChI=1S/C11H14N4O/c1-2-15-11(13-8-14-15)6-10(16)9-4-3-5-12-7-9/h3-5,7-8,10,16H,2,6H2,1H3. The number of aryl methyl sites for hydroxylation is 1. The molecule has 2 aromatic heterocycles. The number of aliphatic hydroxyl groups is 1. The van der Waals surface area contributed by atoms with E-state index in [2.05, 4.69) is 15.1 Å². The van der Waals surface area contributed by atoms with Crippen LogP contribution in [0.25, 0.3) is 0 Å². The molecule has 16 heavy (non-hydrogen) atoms. The first-order valence-electron chi connectivity index (χ1n) is 5.26. The first kappa shape index (κ1) is 10.8. The molecule has 5 heteroatoms. The summed E-state index contributed by atoms with van der Waals surface area (Å²) in [5.74, 6) is 0.791. The highest BCUT2D eigenvalue weighted by molar-refractivity contribution is 5.13. The first-order chi connectivity index (χ1) is 7.81. The minimum absolute atomic E-state index is 0.458. The molecule has 0 aliphatic carbocycles. The molecular weight excluding hydrogens is 204 g/mol. The van der Waals surface area contributed by atoms with Gasteiger partial charge in [-0.05, 0) is 18.6 Å². The molecule has 84 valence electrons. The molecule has 0 fully saturated rings. The average molecular weight is 218 g/mol. The van der Waals surface area contributed by atoms with Crippen molar-refractivity contribution in [2.24, 2.45) is 0 Å². The normalized spacial score (nSPS) is 12.6. The summed E-state index contributed by atoms with van der Waals surface area (Å²) in [4.78, 5) is 8.10. The van der Waals surface area contributed by atoms with E-state index in [1.807, 2.05) is 19.1 Å². The van der Waals surface area contributed by atoms with Crippen LogP contribution in [-0.4, -0.2) is 24.9 Å². The van der Waals surface area contributed by atoms with Gasteiger partial charge in [-0.2, -0.15) is 5.10 Å². The SMILES string of the molecule is CCn1ncnc1CC(O)c1cccnc1. The molecule has 0 spiro atoms. The van der Waals surface area contributed by atoms with Gasteiger partial charge in [-0.1, -0.05) is 6.07 Å². The fourth-order valence-electron chi connectivity index (χ4n) is 1.57. The summed E-state index contributed by atoms with van der Waals surface area (Å²) < 4.78 is 1.78. The number of hydrogen-bond donors (Lipinski definition) is 1. The van der Waals surface area contributed by atoms with Gasteiger partial charge in [-0.15, -0.1) is 0 Å². The van der Waals surface area contributed by atoms with Crippen molar-refractivity contribution in [1.29, 1.82) is 0 Å². The van der Waals surface area contributed by atoms with Crippen LogP contribution in [0.1, 0.15) is 24.4 Å². The number of nitrogens with zero attached hydrogens (tertiary/aromatic N) is 4. The molecule has 2 heterocycles. The molecule has 0 radical (unpaired) electrons. The van der Waals surface area contributed by atoms with Gasteiger partial charge in [-0.3, -0.25) is 9.67 Å². The van der Waals surface area contributed by atoms with E-state index in [1.54, 1.807) is 17.1 Å². The molecule has 1 unspecified atom stereocenters. The van der Waals surface area contributed by atoms with Gasteiger partial charge in [0.1, 0.15) is 12.2 Å². The topological polar surface area (TPSA) is 63.8 Å². The van der Waals surface area contributed by atoms with Crippen LogP contribution >= 0.6 is 0 Å². The van der Waals surface area contributed by atoms with Gasteiger partial charge in [0.05, 0.1) is 6.10 Å². The minimum Gasteiger partial charge on any atom is -0.388 e. The highest BCUT2D eigenvalue weighted by Crippen LogP contribution is 2.15. The molecule has 2 aromatic rings. The van der Waals surface area contributed by atoms with Gasteiger partial charge in [0.15, 0.2) is 0 Å². The Kier molecular flexibility index (Phi) is 3.26. The molecule has 0 aliphatic heterocycles. The Morgan fingerprint density at radius 2 is 2.38 bits per heavy atom. The number of aliphatic hydroxyl groups excluding tert-OH is 1. The first-order valence-corrected chi connectivity index (χ1v) is 5.26. The minimum atomic E-state index is -0.580. The van der Waals surface area contributed by atoms with Crippen molar-refractivity contribution < 1.29 is 5.11 Å². The molecule has 0 saturated carbocycles. The summed E-state index contributed by atoms with van der Waals surface area (Å²) in [6.45, 7) is 2.75. The largest absolute Gasteiger partial charge is 0.388 e. The van der Waals surface area contributed by atoms with Crippen LogP contribution in [-0.2, 0) is 13.0 Å². The Bertz CT molecular complexity index is 440. The van der Waals surface area contributed by atoms with Crippen LogP contribution < -0.4 is 0 Å². The van der Waals surface area contributed by atoms with E-state index >= 15 is 0 Å². The van der Waals surface area contributed by atoms with Crippen LogP contribution in [0.3, 0.4) is 0 Å². The molecule has 1 atom stereocenters. The Morgan fingerprint density at radius 1 is 1.50 bits per heavy atom. The average Bonchev–Trinajstić information content (AvgIpc) is 2.77. The second-order valence-corrected chi connectivity index (χ2v) is 3.50. The van der Waals surface area contributed by atoms with E-state index in [4.69, 9.17) is 0 Å². The van der Waals surface area contributed by atoms with E-state index in [-0.39, 0.29) is 0 Å². The van der Waals surface area contributed by atoms with Gasteiger partial charge < -0.3 is 5.11 Å². The zero-order valence-corrected chi connectivity index (χ0v) is 9.11. The molecule has 0 saturated heterocycles. The van der Waals surface area contributed by atoms with E-state index in [0.29, 0.717) is 6.42 Å². The lowest BCUT2D eigenvalue weighted by Gasteiger charge is -2.10. The predicted octanol–water partition coefficient (Wildman–Crippen LogP) is 0.969. The van der Waals surface area contributed by atoms with Crippen molar-refractivity contribution in [3.05, 3.63) is 42.2 Å². The van der Waals surface area contributed by atoms with Crippen molar-refractivity contribution in [1.82, 2.24) is 19.7 Å². The van der Waals surface area contributed by atoms with Crippen molar-refractivity contribution >= 4 is 0 Å². The van der Waals surface area contributed by atoms with Crippen molar-refractivity contribution in [2.45, 2.75) is 26.0 Å². The summed E-state index contributed by atoms with van der Waals surface area (Å²) in [5, 5.41) is 14.1. The van der Waals surface area contributed by atoms with Gasteiger partial charge >= 0.3 is 0 Å². The van der Waals surface area contributed by atoms with Crippen LogP contribution in [0, 0.1) is 0 Å². The second kappa shape index (κ2) is 4.85. The van der Waals surface area contributed by atoms with E-state index in [0.717, 1.165) is 17.9 Å². The summed E-state index contributed by atoms with van der Waals surface area (Å²) in [5.41, 5.74) is 0.799. The van der Waals surface area contributed by atoms with Crippen molar-refractivity contribution in [3.8, 4) is 0 Å². The number of pyridine rings is 1. The molecule has 5 nitrogen and oxygen atoms in total. The summed E-state index contributed by atoms with van der Waals surface area (Å²) >= 11 is 0. The van der Waals surface area contributed by atoms with Crippen molar-refractivity contribution in [3.63, 3.8) is 0 Å². The number of hydrogen-bond acceptors (Lipinski definition) is 4. The molecule has 1 N–H and O–H groups in total. The van der Waals surface area contributed by atoms with Crippen LogP contribution in [0.5, 0.6) is 0 Å². The molecule has 0 amide bonds. The van der Waals surface area contributed by atoms with Crippen LogP contribution in [0.15, 0.2) is 30.9 Å². The Balaban J connectivity index is 2.11. The Hall–Kier alpha value is -1.75. The maximum Gasteiger partial charge on any atom is 0.138 e. The maximum atomic E-state index is 9.99. The van der Waals surface area contributed by atoms with E-state index in [9.17, 15) is 5.11 Å². The fraction of sp³-hybridized carbons (Fsp3) is 0.364. The quantitative estimate of drug-likeness (QED) is 0.830. The lowest BCUT2D eigenvalue weighted by Crippen LogP contribution is -2.09. The highest BCUT2D eigenvalue weighted by Gasteiger charge is 2.12. The van der Waals surface area contributed by atoms with Crippen molar-refractivity contribution in [2.75, 3.05) is 0 Å². The number of rotatable bonds is 4.